The standard InChI is InChI=1S/C14H13FINO3S/c1-3-19-13(18)14(2,21)20-12-5-8-4-9(16)7-17-11(8)6-10(12)15/h4-7,21H,3H2,1-2H3. The molecule has 0 aliphatic carbocycles. The third-order valence-corrected chi connectivity index (χ3v) is 3.53. The number of fused-ring (bicyclic) bond motifs is 1. The average molecular weight is 421 g/mol. The topological polar surface area (TPSA) is 48.4 Å². The molecule has 4 nitrogen and oxygen atoms in total. The van der Waals surface area contributed by atoms with E-state index in [1.54, 1.807) is 13.1 Å². The van der Waals surface area contributed by atoms with Crippen LogP contribution in [0.25, 0.3) is 10.9 Å². The number of thiol groups is 1. The van der Waals surface area contributed by atoms with Crippen LogP contribution in [-0.2, 0) is 9.53 Å². The summed E-state index contributed by atoms with van der Waals surface area (Å²) in [7, 11) is 0. The van der Waals surface area contributed by atoms with E-state index in [9.17, 15) is 9.18 Å². The highest BCUT2D eigenvalue weighted by Gasteiger charge is 2.34. The molecule has 0 fully saturated rings. The molecule has 2 rings (SSSR count). The van der Waals surface area contributed by atoms with Crippen LogP contribution < -0.4 is 4.74 Å². The van der Waals surface area contributed by atoms with Crippen LogP contribution in [0.1, 0.15) is 13.8 Å². The Morgan fingerprint density at radius 2 is 2.19 bits per heavy atom. The molecule has 0 spiro atoms. The number of ether oxygens (including phenoxy) is 2. The third kappa shape index (κ3) is 3.76. The minimum absolute atomic E-state index is 0.0724. The van der Waals surface area contributed by atoms with Gasteiger partial charge in [-0.2, -0.15) is 0 Å². The molecular weight excluding hydrogens is 408 g/mol. The normalized spacial score (nSPS) is 13.8. The van der Waals surface area contributed by atoms with Gasteiger partial charge in [0.1, 0.15) is 0 Å². The maximum atomic E-state index is 14.0. The largest absolute Gasteiger partial charge is 0.463 e. The summed E-state index contributed by atoms with van der Waals surface area (Å²) in [5.41, 5.74) is 0.511. The molecule has 1 aromatic heterocycles. The Morgan fingerprint density at radius 1 is 1.48 bits per heavy atom. The summed E-state index contributed by atoms with van der Waals surface area (Å²) in [5.74, 6) is -1.36. The number of halogens is 2. The van der Waals surface area contributed by atoms with Gasteiger partial charge >= 0.3 is 5.97 Å². The summed E-state index contributed by atoms with van der Waals surface area (Å²) in [6, 6.07) is 4.60. The molecule has 0 saturated carbocycles. The van der Waals surface area contributed by atoms with Gasteiger partial charge in [0.05, 0.1) is 12.1 Å². The van der Waals surface area contributed by atoms with Crippen LogP contribution in [0.3, 0.4) is 0 Å². The lowest BCUT2D eigenvalue weighted by molar-refractivity contribution is -0.152. The van der Waals surface area contributed by atoms with Crippen LogP contribution in [0, 0.1) is 9.39 Å². The molecule has 0 N–H and O–H groups in total. The van der Waals surface area contributed by atoms with Crippen LogP contribution in [0.4, 0.5) is 4.39 Å². The molecule has 0 amide bonds. The van der Waals surface area contributed by atoms with Crippen LogP contribution >= 0.6 is 35.2 Å². The lowest BCUT2D eigenvalue weighted by Gasteiger charge is -2.23. The molecule has 1 heterocycles. The molecule has 0 bridgehead atoms. The minimum Gasteiger partial charge on any atom is -0.463 e. The van der Waals surface area contributed by atoms with E-state index in [-0.39, 0.29) is 12.4 Å². The molecule has 112 valence electrons. The number of benzene rings is 1. The van der Waals surface area contributed by atoms with Gasteiger partial charge in [-0.15, -0.1) is 12.6 Å². The van der Waals surface area contributed by atoms with Crippen molar-refractivity contribution in [3.63, 3.8) is 0 Å². The molecule has 7 heteroatoms. The molecule has 0 saturated heterocycles. The molecule has 1 aromatic carbocycles. The summed E-state index contributed by atoms with van der Waals surface area (Å²) >= 11 is 6.22. The van der Waals surface area contributed by atoms with Crippen LogP contribution in [0.2, 0.25) is 0 Å². The second-order valence-corrected chi connectivity index (χ2v) is 6.53. The monoisotopic (exact) mass is 421 g/mol. The maximum absolute atomic E-state index is 14.0. The van der Waals surface area contributed by atoms with Crippen molar-refractivity contribution < 1.29 is 18.7 Å². The fraction of sp³-hybridized carbons (Fsp3) is 0.286. The van der Waals surface area contributed by atoms with E-state index in [4.69, 9.17) is 9.47 Å². The Bertz CT molecular complexity index is 693. The van der Waals surface area contributed by atoms with Crippen molar-refractivity contribution in [1.82, 2.24) is 4.98 Å². The van der Waals surface area contributed by atoms with Crippen molar-refractivity contribution in [1.29, 1.82) is 0 Å². The zero-order valence-corrected chi connectivity index (χ0v) is 14.4. The number of pyridine rings is 1. The lowest BCUT2D eigenvalue weighted by atomic mass is 10.2. The van der Waals surface area contributed by atoms with E-state index in [0.717, 1.165) is 3.57 Å². The van der Waals surface area contributed by atoms with Gasteiger partial charge in [-0.3, -0.25) is 4.98 Å². The first-order valence-corrected chi connectivity index (χ1v) is 7.69. The summed E-state index contributed by atoms with van der Waals surface area (Å²) in [6.45, 7) is 3.28. The molecule has 0 aliphatic heterocycles. The Morgan fingerprint density at radius 3 is 2.86 bits per heavy atom. The first kappa shape index (κ1) is 16.3. The predicted molar refractivity (Wildman–Crippen MR) is 89.1 cm³/mol. The van der Waals surface area contributed by atoms with Gasteiger partial charge in [0.2, 0.25) is 4.93 Å². The molecular formula is C14H13FINO3S. The SMILES string of the molecule is CCOC(=O)C(C)(S)Oc1cc2cc(I)cnc2cc1F. The van der Waals surface area contributed by atoms with Gasteiger partial charge in [-0.25, -0.2) is 9.18 Å². The lowest BCUT2D eigenvalue weighted by Crippen LogP contribution is -2.37. The van der Waals surface area contributed by atoms with Crippen molar-refractivity contribution in [3.05, 3.63) is 33.8 Å². The van der Waals surface area contributed by atoms with Crippen molar-refractivity contribution >= 4 is 52.1 Å². The highest BCUT2D eigenvalue weighted by Crippen LogP contribution is 2.29. The summed E-state index contributed by atoms with van der Waals surface area (Å²) in [5, 5.41) is 0.714. The van der Waals surface area contributed by atoms with Gasteiger partial charge < -0.3 is 9.47 Å². The van der Waals surface area contributed by atoms with E-state index < -0.39 is 16.7 Å². The number of carbonyl (C=O) groups is 1. The van der Waals surface area contributed by atoms with E-state index in [2.05, 4.69) is 40.2 Å². The number of rotatable bonds is 4. The quantitative estimate of drug-likeness (QED) is 0.355. The van der Waals surface area contributed by atoms with Crippen LogP contribution in [-0.4, -0.2) is 22.5 Å². The zero-order chi connectivity index (χ0) is 15.6. The van der Waals surface area contributed by atoms with E-state index in [1.807, 2.05) is 6.07 Å². The third-order valence-electron chi connectivity index (χ3n) is 2.66. The Hall–Kier alpha value is -1.09. The highest BCUT2D eigenvalue weighted by atomic mass is 127. The number of hydrogen-bond donors (Lipinski definition) is 1. The van der Waals surface area contributed by atoms with Crippen molar-refractivity contribution in [2.75, 3.05) is 6.61 Å². The van der Waals surface area contributed by atoms with Crippen LogP contribution in [0.15, 0.2) is 24.4 Å². The molecule has 1 atom stereocenters. The van der Waals surface area contributed by atoms with Gasteiger partial charge in [0, 0.05) is 21.2 Å². The number of esters is 1. The van der Waals surface area contributed by atoms with Gasteiger partial charge in [0.15, 0.2) is 11.6 Å². The van der Waals surface area contributed by atoms with Gasteiger partial charge in [-0.05, 0) is 48.6 Å². The van der Waals surface area contributed by atoms with Gasteiger partial charge in [-0.1, -0.05) is 0 Å². The molecule has 0 aliphatic rings. The van der Waals surface area contributed by atoms with Crippen molar-refractivity contribution in [3.8, 4) is 5.75 Å². The number of carbonyl (C=O) groups excluding carboxylic acids is 1. The summed E-state index contributed by atoms with van der Waals surface area (Å²) < 4.78 is 25.2. The fourth-order valence-corrected chi connectivity index (χ4v) is 2.34. The summed E-state index contributed by atoms with van der Waals surface area (Å²) in [4.78, 5) is 14.3. The van der Waals surface area contributed by atoms with E-state index >= 15 is 0 Å². The predicted octanol–water partition coefficient (Wildman–Crippen LogP) is 3.57. The Balaban J connectivity index is 2.37. The zero-order valence-electron chi connectivity index (χ0n) is 11.4. The number of aromatic nitrogens is 1. The molecule has 1 unspecified atom stereocenters. The number of nitrogens with zero attached hydrogens (tertiary/aromatic N) is 1. The van der Waals surface area contributed by atoms with Gasteiger partial charge in [0.25, 0.3) is 0 Å². The average Bonchev–Trinajstić information content (AvgIpc) is 2.40. The first-order valence-electron chi connectivity index (χ1n) is 6.17. The molecule has 21 heavy (non-hydrogen) atoms. The smallest absolute Gasteiger partial charge is 0.360 e. The van der Waals surface area contributed by atoms with E-state index in [1.165, 1.54) is 19.1 Å². The Kier molecular flexibility index (Phi) is 4.92. The van der Waals surface area contributed by atoms with E-state index in [0.29, 0.717) is 10.9 Å². The minimum atomic E-state index is -1.57. The summed E-state index contributed by atoms with van der Waals surface area (Å²) in [6.07, 6.45) is 1.64. The highest BCUT2D eigenvalue weighted by molar-refractivity contribution is 14.1. The molecule has 2 aromatic rings. The second-order valence-electron chi connectivity index (χ2n) is 4.43. The second kappa shape index (κ2) is 6.35. The van der Waals surface area contributed by atoms with Crippen molar-refractivity contribution in [2.24, 2.45) is 0 Å². The maximum Gasteiger partial charge on any atom is 0.360 e. The number of hydrogen-bond acceptors (Lipinski definition) is 5. The van der Waals surface area contributed by atoms with Crippen molar-refractivity contribution in [2.45, 2.75) is 18.8 Å². The fourth-order valence-electron chi connectivity index (χ4n) is 1.70. The first-order chi connectivity index (χ1) is 9.83. The van der Waals surface area contributed by atoms with Crippen LogP contribution in [0.5, 0.6) is 5.75 Å². The Labute approximate surface area is 140 Å². The molecule has 0 radical (unpaired) electrons.